The second-order valence-electron chi connectivity index (χ2n) is 5.87. The summed E-state index contributed by atoms with van der Waals surface area (Å²) in [7, 11) is 3.63. The molecule has 0 aliphatic heterocycles. The van der Waals surface area contributed by atoms with Gasteiger partial charge in [0.05, 0.1) is 31.8 Å². The van der Waals surface area contributed by atoms with Gasteiger partial charge in [-0.1, -0.05) is 6.08 Å². The van der Waals surface area contributed by atoms with E-state index < -0.39 is 6.67 Å². The Morgan fingerprint density at radius 3 is 2.84 bits per heavy atom. The van der Waals surface area contributed by atoms with Gasteiger partial charge in [-0.2, -0.15) is 4.98 Å². The first-order valence-corrected chi connectivity index (χ1v) is 8.36. The molecule has 1 aliphatic rings. The molecule has 0 aromatic carbocycles. The Kier molecular flexibility index (Phi) is 5.65. The van der Waals surface area contributed by atoms with Crippen molar-refractivity contribution in [1.29, 1.82) is 0 Å². The summed E-state index contributed by atoms with van der Waals surface area (Å²) < 4.78 is 24.4. The van der Waals surface area contributed by atoms with Crippen molar-refractivity contribution in [2.45, 2.75) is 12.8 Å². The third kappa shape index (κ3) is 4.17. The molecule has 0 unspecified atom stereocenters. The maximum Gasteiger partial charge on any atom is 0.236 e. The zero-order valence-corrected chi connectivity index (χ0v) is 14.6. The lowest BCUT2D eigenvalue weighted by Crippen LogP contribution is -2.24. The minimum Gasteiger partial charge on any atom is -0.501 e. The summed E-state index contributed by atoms with van der Waals surface area (Å²) in [6, 6.07) is 1.94. The Labute approximate surface area is 146 Å². The number of hydrogen-bond acceptors (Lipinski definition) is 5. The van der Waals surface area contributed by atoms with Gasteiger partial charge in [-0.3, -0.25) is 4.40 Å². The fourth-order valence-electron chi connectivity index (χ4n) is 2.70. The standard InChI is InChI=1S/C18H23FN4O2/c1-22(10-12-25-11-8-19)17-7-9-23-13-16(20-18(23)21-17)14-3-5-15(24-2)6-4-14/h3,5,7,9,13H,4,6,8,10-12H2,1-2H3. The predicted molar refractivity (Wildman–Crippen MR) is 95.4 cm³/mol. The van der Waals surface area contributed by atoms with E-state index in [0.717, 1.165) is 30.1 Å². The van der Waals surface area contributed by atoms with E-state index in [2.05, 4.69) is 16.0 Å². The molecule has 0 saturated carbocycles. The van der Waals surface area contributed by atoms with Gasteiger partial charge >= 0.3 is 0 Å². The van der Waals surface area contributed by atoms with E-state index >= 15 is 0 Å². The Morgan fingerprint density at radius 1 is 1.24 bits per heavy atom. The molecule has 7 heteroatoms. The first-order valence-electron chi connectivity index (χ1n) is 8.36. The van der Waals surface area contributed by atoms with Crippen LogP contribution >= 0.6 is 0 Å². The van der Waals surface area contributed by atoms with Crippen molar-refractivity contribution in [2.75, 3.05) is 45.5 Å². The summed E-state index contributed by atoms with van der Waals surface area (Å²) in [5, 5.41) is 0. The van der Waals surface area contributed by atoms with Gasteiger partial charge in [-0.15, -0.1) is 0 Å². The molecular formula is C18H23FN4O2. The van der Waals surface area contributed by atoms with Crippen LogP contribution < -0.4 is 4.90 Å². The number of halogens is 1. The zero-order chi connectivity index (χ0) is 17.6. The number of rotatable bonds is 8. The van der Waals surface area contributed by atoms with Crippen LogP contribution in [0.1, 0.15) is 18.5 Å². The number of aromatic nitrogens is 3. The van der Waals surface area contributed by atoms with Crippen molar-refractivity contribution in [3.05, 3.63) is 42.1 Å². The number of nitrogens with zero attached hydrogens (tertiary/aromatic N) is 4. The number of anilines is 1. The molecule has 2 heterocycles. The van der Waals surface area contributed by atoms with Crippen molar-refractivity contribution in [1.82, 2.24) is 14.4 Å². The molecule has 0 spiro atoms. The van der Waals surface area contributed by atoms with E-state index in [1.54, 1.807) is 7.11 Å². The molecule has 0 radical (unpaired) electrons. The molecule has 0 bridgehead atoms. The van der Waals surface area contributed by atoms with Crippen LogP contribution in [0.3, 0.4) is 0 Å². The maximum atomic E-state index is 12.0. The summed E-state index contributed by atoms with van der Waals surface area (Å²) >= 11 is 0. The first kappa shape index (κ1) is 17.4. The van der Waals surface area contributed by atoms with Crippen molar-refractivity contribution < 1.29 is 13.9 Å². The number of imidazole rings is 1. The lowest BCUT2D eigenvalue weighted by molar-refractivity contribution is 0.125. The SMILES string of the molecule is COC1=CC=C(c2cn3ccc(N(C)CCOCCF)nc3n2)CC1. The fraction of sp³-hybridized carbons (Fsp3) is 0.444. The number of methoxy groups -OCH3 is 1. The van der Waals surface area contributed by atoms with Crippen molar-refractivity contribution in [2.24, 2.45) is 0 Å². The van der Waals surface area contributed by atoms with Crippen LogP contribution in [-0.2, 0) is 9.47 Å². The Morgan fingerprint density at radius 2 is 2.12 bits per heavy atom. The fourth-order valence-corrected chi connectivity index (χ4v) is 2.70. The summed E-state index contributed by atoms with van der Waals surface area (Å²) in [5.41, 5.74) is 2.12. The Bertz CT molecular complexity index is 784. The Hall–Kier alpha value is -2.41. The quantitative estimate of drug-likeness (QED) is 0.688. The number of likely N-dealkylation sites (N-methyl/N-ethyl adjacent to an activating group) is 1. The van der Waals surface area contributed by atoms with Gasteiger partial charge in [0.1, 0.15) is 12.5 Å². The zero-order valence-electron chi connectivity index (χ0n) is 14.6. The Balaban J connectivity index is 1.73. The largest absolute Gasteiger partial charge is 0.501 e. The monoisotopic (exact) mass is 346 g/mol. The molecule has 0 saturated heterocycles. The summed E-state index contributed by atoms with van der Waals surface area (Å²) in [6.07, 6.45) is 9.78. The van der Waals surface area contributed by atoms with Gasteiger partial charge < -0.3 is 14.4 Å². The van der Waals surface area contributed by atoms with E-state index in [1.165, 1.54) is 5.57 Å². The first-order chi connectivity index (χ1) is 12.2. The normalized spacial score (nSPS) is 14.4. The third-order valence-electron chi connectivity index (χ3n) is 4.20. The van der Waals surface area contributed by atoms with Gasteiger partial charge in [0.2, 0.25) is 5.78 Å². The topological polar surface area (TPSA) is 51.9 Å². The molecule has 2 aromatic rings. The number of ether oxygens (including phenoxy) is 2. The van der Waals surface area contributed by atoms with Crippen LogP contribution in [-0.4, -0.2) is 55.0 Å². The molecule has 134 valence electrons. The molecule has 3 rings (SSSR count). The molecule has 0 atom stereocenters. The van der Waals surface area contributed by atoms with E-state index in [1.807, 2.05) is 40.9 Å². The summed E-state index contributed by atoms with van der Waals surface area (Å²) in [5.74, 6) is 2.46. The van der Waals surface area contributed by atoms with Gasteiger partial charge in [0.15, 0.2) is 0 Å². The number of hydrogen-bond donors (Lipinski definition) is 0. The lowest BCUT2D eigenvalue weighted by Gasteiger charge is -2.17. The number of alkyl halides is 1. The lowest BCUT2D eigenvalue weighted by atomic mass is 10.0. The van der Waals surface area contributed by atoms with E-state index in [9.17, 15) is 4.39 Å². The molecule has 25 heavy (non-hydrogen) atoms. The molecule has 1 aliphatic carbocycles. The van der Waals surface area contributed by atoms with E-state index in [0.29, 0.717) is 18.9 Å². The molecular weight excluding hydrogens is 323 g/mol. The highest BCUT2D eigenvalue weighted by molar-refractivity contribution is 5.67. The highest BCUT2D eigenvalue weighted by Crippen LogP contribution is 2.26. The number of fused-ring (bicyclic) bond motifs is 1. The van der Waals surface area contributed by atoms with E-state index in [4.69, 9.17) is 9.47 Å². The van der Waals surface area contributed by atoms with Crippen LogP contribution in [0.4, 0.5) is 10.2 Å². The highest BCUT2D eigenvalue weighted by Gasteiger charge is 2.13. The van der Waals surface area contributed by atoms with Crippen LogP contribution in [0.2, 0.25) is 0 Å². The highest BCUT2D eigenvalue weighted by atomic mass is 19.1. The van der Waals surface area contributed by atoms with E-state index in [-0.39, 0.29) is 6.61 Å². The van der Waals surface area contributed by atoms with Crippen molar-refractivity contribution in [3.63, 3.8) is 0 Å². The van der Waals surface area contributed by atoms with Gasteiger partial charge in [0, 0.05) is 32.4 Å². The van der Waals surface area contributed by atoms with Gasteiger partial charge in [-0.05, 0) is 24.1 Å². The van der Waals surface area contributed by atoms with Crippen LogP contribution in [0.25, 0.3) is 11.4 Å². The molecule has 2 aromatic heterocycles. The number of allylic oxidation sites excluding steroid dienone is 4. The average molecular weight is 346 g/mol. The van der Waals surface area contributed by atoms with Crippen molar-refractivity contribution >= 4 is 17.2 Å². The summed E-state index contributed by atoms with van der Waals surface area (Å²) in [6.45, 7) is 0.792. The van der Waals surface area contributed by atoms with Crippen LogP contribution in [0.15, 0.2) is 36.4 Å². The smallest absolute Gasteiger partial charge is 0.236 e. The average Bonchev–Trinajstić information content (AvgIpc) is 3.08. The summed E-state index contributed by atoms with van der Waals surface area (Å²) in [4.78, 5) is 11.2. The molecule has 6 nitrogen and oxygen atoms in total. The second-order valence-corrected chi connectivity index (χ2v) is 5.87. The maximum absolute atomic E-state index is 12.0. The molecule has 0 fully saturated rings. The van der Waals surface area contributed by atoms with Gasteiger partial charge in [-0.25, -0.2) is 9.37 Å². The third-order valence-corrected chi connectivity index (χ3v) is 4.20. The van der Waals surface area contributed by atoms with Crippen LogP contribution in [0.5, 0.6) is 0 Å². The second kappa shape index (κ2) is 8.11. The minimum atomic E-state index is -0.457. The van der Waals surface area contributed by atoms with Crippen molar-refractivity contribution in [3.8, 4) is 0 Å². The predicted octanol–water partition coefficient (Wildman–Crippen LogP) is 2.86. The molecule has 0 amide bonds. The molecule has 0 N–H and O–H groups in total. The minimum absolute atomic E-state index is 0.137. The van der Waals surface area contributed by atoms with Crippen LogP contribution in [0, 0.1) is 0 Å². The van der Waals surface area contributed by atoms with Gasteiger partial charge in [0.25, 0.3) is 0 Å².